The van der Waals surface area contributed by atoms with Gasteiger partial charge in [0, 0.05) is 13.5 Å². The normalized spacial score (nSPS) is 47.0. The first-order valence-corrected chi connectivity index (χ1v) is 12.9. The summed E-state index contributed by atoms with van der Waals surface area (Å²) in [4.78, 5) is 11.2. The van der Waals surface area contributed by atoms with Crippen LogP contribution in [0, 0.1) is 45.3 Å². The van der Waals surface area contributed by atoms with Gasteiger partial charge in [-0.1, -0.05) is 53.2 Å². The van der Waals surface area contributed by atoms with Crippen molar-refractivity contribution in [1.82, 2.24) is 0 Å². The average Bonchev–Trinajstić information content (AvgIpc) is 2.97. The van der Waals surface area contributed by atoms with E-state index in [1.54, 1.807) is 5.57 Å². The second kappa shape index (κ2) is 7.61. The molecule has 4 rings (SSSR count). The quantitative estimate of drug-likeness (QED) is 0.473. The van der Waals surface area contributed by atoms with E-state index in [1.165, 1.54) is 44.9 Å². The summed E-state index contributed by atoms with van der Waals surface area (Å²) in [5, 5.41) is 9.21. The van der Waals surface area contributed by atoms with Crippen LogP contribution in [-0.2, 0) is 9.53 Å². The van der Waals surface area contributed by atoms with E-state index in [2.05, 4.69) is 47.6 Å². The first kappa shape index (κ1) is 23.3. The Morgan fingerprint density at radius 1 is 1.10 bits per heavy atom. The predicted molar refractivity (Wildman–Crippen MR) is 126 cm³/mol. The predicted octanol–water partition coefficient (Wildman–Crippen LogP) is 7.11. The van der Waals surface area contributed by atoms with Crippen LogP contribution in [-0.4, -0.2) is 24.3 Å². The van der Waals surface area contributed by atoms with Gasteiger partial charge >= 0.3 is 5.97 Å². The van der Waals surface area contributed by atoms with Gasteiger partial charge in [0.2, 0.25) is 0 Å². The molecule has 0 amide bonds. The van der Waals surface area contributed by atoms with Crippen molar-refractivity contribution in [2.24, 2.45) is 45.3 Å². The summed E-state index contributed by atoms with van der Waals surface area (Å²) >= 11 is 0. The molecule has 3 heteroatoms. The van der Waals surface area contributed by atoms with Crippen LogP contribution in [0.25, 0.3) is 0 Å². The minimum Gasteiger partial charge on any atom is -0.481 e. The van der Waals surface area contributed by atoms with Gasteiger partial charge in [0.1, 0.15) is 0 Å². The summed E-state index contributed by atoms with van der Waals surface area (Å²) in [7, 11) is 1.90. The molecular formula is C28H46O3. The number of methoxy groups -OCH3 is 1. The van der Waals surface area contributed by atoms with Crippen LogP contribution in [0.4, 0.5) is 0 Å². The number of carbonyl (C=O) groups is 1. The molecule has 0 aliphatic heterocycles. The lowest BCUT2D eigenvalue weighted by Gasteiger charge is -2.64. The van der Waals surface area contributed by atoms with Gasteiger partial charge in [-0.25, -0.2) is 0 Å². The third kappa shape index (κ3) is 3.19. The molecule has 0 spiro atoms. The van der Waals surface area contributed by atoms with E-state index in [1.807, 2.05) is 7.11 Å². The third-order valence-electron chi connectivity index (χ3n) is 11.6. The fourth-order valence-electron chi connectivity index (χ4n) is 9.63. The maximum atomic E-state index is 11.2. The molecule has 8 unspecified atom stereocenters. The molecule has 3 nitrogen and oxygen atoms in total. The zero-order valence-electron chi connectivity index (χ0n) is 21.1. The molecule has 0 radical (unpaired) electrons. The molecule has 3 fully saturated rings. The van der Waals surface area contributed by atoms with E-state index in [0.717, 1.165) is 6.42 Å². The lowest BCUT2D eigenvalue weighted by molar-refractivity contribution is -0.137. The molecule has 1 N–H and O–H groups in total. The highest BCUT2D eigenvalue weighted by Crippen LogP contribution is 2.73. The monoisotopic (exact) mass is 430 g/mol. The number of ether oxygens (including phenoxy) is 1. The molecule has 4 aliphatic rings. The van der Waals surface area contributed by atoms with Gasteiger partial charge in [0.05, 0.1) is 6.10 Å². The van der Waals surface area contributed by atoms with Gasteiger partial charge in [-0.15, -0.1) is 0 Å². The highest BCUT2D eigenvalue weighted by Gasteiger charge is 2.65. The number of fused-ring (bicyclic) bond motifs is 5. The van der Waals surface area contributed by atoms with Crippen molar-refractivity contribution >= 4 is 5.97 Å². The van der Waals surface area contributed by atoms with Crippen LogP contribution in [0.2, 0.25) is 0 Å². The van der Waals surface area contributed by atoms with Crippen molar-refractivity contribution in [3.8, 4) is 0 Å². The van der Waals surface area contributed by atoms with Crippen LogP contribution in [0.5, 0.6) is 0 Å². The zero-order valence-corrected chi connectivity index (χ0v) is 21.1. The fraction of sp³-hybridized carbons (Fsp3) is 0.893. The number of carboxylic acids is 1. The van der Waals surface area contributed by atoms with Gasteiger partial charge in [0.15, 0.2) is 0 Å². The minimum absolute atomic E-state index is 0.221. The molecule has 176 valence electrons. The highest BCUT2D eigenvalue weighted by molar-refractivity contribution is 5.66. The zero-order chi connectivity index (χ0) is 22.8. The smallest absolute Gasteiger partial charge is 0.303 e. The van der Waals surface area contributed by atoms with Crippen molar-refractivity contribution in [2.75, 3.05) is 7.11 Å². The van der Waals surface area contributed by atoms with Gasteiger partial charge in [0.25, 0.3) is 0 Å². The van der Waals surface area contributed by atoms with Crippen molar-refractivity contribution in [3.63, 3.8) is 0 Å². The molecule has 4 aliphatic carbocycles. The van der Waals surface area contributed by atoms with E-state index in [4.69, 9.17) is 4.74 Å². The van der Waals surface area contributed by atoms with Crippen molar-refractivity contribution in [1.29, 1.82) is 0 Å². The molecule has 0 saturated heterocycles. The molecule has 0 aromatic heterocycles. The number of hydrogen-bond donors (Lipinski definition) is 1. The van der Waals surface area contributed by atoms with E-state index in [9.17, 15) is 9.90 Å². The topological polar surface area (TPSA) is 46.5 Å². The van der Waals surface area contributed by atoms with E-state index in [-0.39, 0.29) is 5.41 Å². The number of carboxylic acid groups (broad SMARTS) is 1. The van der Waals surface area contributed by atoms with Crippen LogP contribution in [0.1, 0.15) is 99.3 Å². The molecule has 0 aromatic carbocycles. The second-order valence-corrected chi connectivity index (χ2v) is 12.9. The van der Waals surface area contributed by atoms with E-state index in [0.29, 0.717) is 52.4 Å². The van der Waals surface area contributed by atoms with Crippen LogP contribution in [0.15, 0.2) is 11.6 Å². The highest BCUT2D eigenvalue weighted by atomic mass is 16.5. The molecule has 31 heavy (non-hydrogen) atoms. The number of hydrogen-bond acceptors (Lipinski definition) is 2. The molecular weight excluding hydrogens is 384 g/mol. The van der Waals surface area contributed by atoms with E-state index >= 15 is 0 Å². The Morgan fingerprint density at radius 2 is 1.81 bits per heavy atom. The first-order valence-electron chi connectivity index (χ1n) is 12.9. The number of aliphatic carboxylic acids is 1. The fourth-order valence-corrected chi connectivity index (χ4v) is 9.63. The molecule has 8 atom stereocenters. The molecule has 0 heterocycles. The lowest BCUT2D eigenvalue weighted by Crippen LogP contribution is -2.58. The van der Waals surface area contributed by atoms with Gasteiger partial charge in [-0.2, -0.15) is 0 Å². The maximum Gasteiger partial charge on any atom is 0.303 e. The number of rotatable bonds is 5. The van der Waals surface area contributed by atoms with Gasteiger partial charge in [-0.3, -0.25) is 4.79 Å². The van der Waals surface area contributed by atoms with Crippen LogP contribution < -0.4 is 0 Å². The minimum atomic E-state index is -0.649. The Bertz CT molecular complexity index is 753. The maximum absolute atomic E-state index is 11.2. The molecule has 0 bridgehead atoms. The van der Waals surface area contributed by atoms with Crippen molar-refractivity contribution < 1.29 is 14.6 Å². The summed E-state index contributed by atoms with van der Waals surface area (Å²) < 4.78 is 5.96. The largest absolute Gasteiger partial charge is 0.481 e. The SMILES string of the molecule is COC1CCC2(C)C3=CCC4(C)C(C(C)CCC(=O)O)CCC4(C)C3CCC2C1(C)C. The first-order chi connectivity index (χ1) is 14.4. The Hall–Kier alpha value is -0.830. The van der Waals surface area contributed by atoms with Crippen LogP contribution in [0.3, 0.4) is 0 Å². The Kier molecular flexibility index (Phi) is 5.72. The summed E-state index contributed by atoms with van der Waals surface area (Å²) in [6.07, 6.45) is 13.0. The Labute approximate surface area is 190 Å². The van der Waals surface area contributed by atoms with Crippen molar-refractivity contribution in [3.05, 3.63) is 11.6 Å². The van der Waals surface area contributed by atoms with Crippen LogP contribution >= 0.6 is 0 Å². The Morgan fingerprint density at radius 3 is 2.45 bits per heavy atom. The van der Waals surface area contributed by atoms with Gasteiger partial charge < -0.3 is 9.84 Å². The number of allylic oxidation sites excluding steroid dienone is 2. The standard InChI is InChI=1S/C28H46O3/c1-18(8-11-24(29)30)19-12-16-28(6)21-9-10-22-25(2,3)23(31-7)14-15-26(22,4)20(21)13-17-27(19,28)5/h13,18-19,21-23H,8-12,14-17H2,1-7H3,(H,29,30). The average molecular weight is 431 g/mol. The van der Waals surface area contributed by atoms with E-state index < -0.39 is 5.97 Å². The Balaban J connectivity index is 1.65. The summed E-state index contributed by atoms with van der Waals surface area (Å²) in [6, 6.07) is 0. The third-order valence-corrected chi connectivity index (χ3v) is 11.6. The second-order valence-electron chi connectivity index (χ2n) is 12.9. The lowest BCUT2D eigenvalue weighted by atomic mass is 9.41. The summed E-state index contributed by atoms with van der Waals surface area (Å²) in [5.41, 5.74) is 2.94. The molecule has 0 aromatic rings. The molecule has 3 saturated carbocycles. The van der Waals surface area contributed by atoms with Crippen molar-refractivity contribution in [2.45, 2.75) is 105 Å². The summed E-state index contributed by atoms with van der Waals surface area (Å²) in [5.74, 6) is 1.87. The summed E-state index contributed by atoms with van der Waals surface area (Å²) in [6.45, 7) is 15.0. The van der Waals surface area contributed by atoms with Gasteiger partial charge in [-0.05, 0) is 96.7 Å².